The lowest BCUT2D eigenvalue weighted by atomic mass is 9.82. The van der Waals surface area contributed by atoms with Gasteiger partial charge >= 0.3 is 24.4 Å². The summed E-state index contributed by atoms with van der Waals surface area (Å²) in [4.78, 5) is 25.6. The van der Waals surface area contributed by atoms with E-state index in [1.807, 2.05) is 0 Å². The number of carbonyl (C=O) groups excluding carboxylic acids is 2. The fraction of sp³-hybridized carbons (Fsp3) is 0.348. The number of ether oxygens (including phenoxy) is 1. The summed E-state index contributed by atoms with van der Waals surface area (Å²) in [6, 6.07) is 4.93. The van der Waals surface area contributed by atoms with Gasteiger partial charge in [0.1, 0.15) is 5.41 Å². The number of alkyl halides is 6. The number of hydrogen-bond donors (Lipinski definition) is 1. The predicted octanol–water partition coefficient (Wildman–Crippen LogP) is 6.51. The molecule has 36 heavy (non-hydrogen) atoms. The minimum absolute atomic E-state index is 0.00744. The lowest BCUT2D eigenvalue weighted by Crippen LogP contribution is -2.42. The van der Waals surface area contributed by atoms with Crippen LogP contribution < -0.4 is 5.32 Å². The topological polar surface area (TPSA) is 71.0 Å². The Kier molecular flexibility index (Phi) is 7.31. The molecule has 2 aromatic rings. The molecule has 1 atom stereocenters. The lowest BCUT2D eigenvalue weighted by Gasteiger charge is -2.24. The Morgan fingerprint density at radius 2 is 1.69 bits per heavy atom. The van der Waals surface area contributed by atoms with E-state index >= 15 is 0 Å². The third kappa shape index (κ3) is 5.43. The predicted molar refractivity (Wildman–Crippen MR) is 120 cm³/mol. The number of benzene rings is 2. The summed E-state index contributed by atoms with van der Waals surface area (Å²) >= 11 is 5.83. The molecule has 0 aliphatic carbocycles. The largest absolute Gasteiger partial charge is 0.465 e. The first-order valence-corrected chi connectivity index (χ1v) is 10.9. The summed E-state index contributed by atoms with van der Waals surface area (Å²) in [5.74, 6) is -0.777. The van der Waals surface area contributed by atoms with Crippen LogP contribution in [0.1, 0.15) is 36.1 Å². The Balaban J connectivity index is 1.95. The Morgan fingerprint density at radius 1 is 1.08 bits per heavy atom. The molecule has 2 aromatic carbocycles. The molecule has 2 amide bonds. The Bertz CT molecular complexity index is 1230. The first-order chi connectivity index (χ1) is 16.6. The molecule has 0 saturated carbocycles. The summed E-state index contributed by atoms with van der Waals surface area (Å²) < 4.78 is 83.5. The normalized spacial score (nSPS) is 18.2. The molecule has 0 aromatic heterocycles. The summed E-state index contributed by atoms with van der Waals surface area (Å²) in [6.07, 6.45) is -9.27. The third-order valence-electron chi connectivity index (χ3n) is 5.50. The van der Waals surface area contributed by atoms with Crippen LogP contribution in [0.3, 0.4) is 0 Å². The zero-order valence-electron chi connectivity index (χ0n) is 19.1. The van der Waals surface area contributed by atoms with E-state index in [-0.39, 0.29) is 35.7 Å². The molecule has 3 rings (SSSR count). The highest BCUT2D eigenvalue weighted by molar-refractivity contribution is 6.32. The smallest absolute Gasteiger partial charge is 0.417 e. The van der Waals surface area contributed by atoms with Crippen molar-refractivity contribution in [3.05, 3.63) is 63.7 Å². The molecule has 0 spiro atoms. The standard InChI is InChI=1S/C23H20ClF6N3O3/c1-4-36-19(34)21(3)11-33(20(35)31-14-6-8-15(12(2)9-14)22(25,26)27)32-18(21)13-5-7-16(17(24)10-13)23(28,29)30/h5-10H,4,11H2,1-3H3,(H,31,35). The van der Waals surface area contributed by atoms with Gasteiger partial charge in [-0.25, -0.2) is 9.80 Å². The molecule has 194 valence electrons. The van der Waals surface area contributed by atoms with Crippen molar-refractivity contribution in [2.24, 2.45) is 10.5 Å². The average molecular weight is 536 g/mol. The maximum atomic E-state index is 13.1. The van der Waals surface area contributed by atoms with Gasteiger partial charge in [-0.05, 0) is 56.7 Å². The maximum Gasteiger partial charge on any atom is 0.417 e. The van der Waals surface area contributed by atoms with E-state index in [0.29, 0.717) is 0 Å². The Hall–Kier alpha value is -3.28. The first kappa shape index (κ1) is 27.3. The molecule has 1 aliphatic rings. The Morgan fingerprint density at radius 3 is 2.22 bits per heavy atom. The van der Waals surface area contributed by atoms with Crippen LogP contribution in [0.2, 0.25) is 5.02 Å². The number of urea groups is 1. The van der Waals surface area contributed by atoms with Crippen LogP contribution in [0.25, 0.3) is 0 Å². The SMILES string of the molecule is CCOC(=O)C1(C)CN(C(=O)Nc2ccc(C(F)(F)F)c(C)c2)N=C1c1ccc(C(F)(F)F)c(Cl)c1. The number of halogens is 7. The molecule has 6 nitrogen and oxygen atoms in total. The first-order valence-electron chi connectivity index (χ1n) is 10.5. The van der Waals surface area contributed by atoms with Crippen molar-refractivity contribution in [3.8, 4) is 0 Å². The molecular formula is C23H20ClF6N3O3. The molecule has 1 aliphatic heterocycles. The average Bonchev–Trinajstić information content (AvgIpc) is 3.11. The molecule has 0 radical (unpaired) electrons. The van der Waals surface area contributed by atoms with Gasteiger partial charge in [0.2, 0.25) is 0 Å². The quantitative estimate of drug-likeness (QED) is 0.358. The van der Waals surface area contributed by atoms with E-state index in [0.717, 1.165) is 41.4 Å². The van der Waals surface area contributed by atoms with Crippen molar-refractivity contribution in [2.45, 2.75) is 33.1 Å². The number of nitrogens with zero attached hydrogens (tertiary/aromatic N) is 2. The highest BCUT2D eigenvalue weighted by atomic mass is 35.5. The number of amides is 2. The molecule has 0 fully saturated rings. The minimum Gasteiger partial charge on any atom is -0.465 e. The third-order valence-corrected chi connectivity index (χ3v) is 5.81. The van der Waals surface area contributed by atoms with Crippen LogP contribution in [0.5, 0.6) is 0 Å². The van der Waals surface area contributed by atoms with Crippen molar-refractivity contribution < 1.29 is 40.7 Å². The monoisotopic (exact) mass is 535 g/mol. The molecule has 0 bridgehead atoms. The summed E-state index contributed by atoms with van der Waals surface area (Å²) in [7, 11) is 0. The van der Waals surface area contributed by atoms with Gasteiger partial charge in [-0.3, -0.25) is 4.79 Å². The zero-order valence-corrected chi connectivity index (χ0v) is 19.9. The van der Waals surface area contributed by atoms with Crippen LogP contribution >= 0.6 is 11.6 Å². The van der Waals surface area contributed by atoms with Crippen LogP contribution in [0.15, 0.2) is 41.5 Å². The second-order valence-electron chi connectivity index (χ2n) is 8.21. The van der Waals surface area contributed by atoms with E-state index in [4.69, 9.17) is 16.3 Å². The number of carbonyl (C=O) groups is 2. The van der Waals surface area contributed by atoms with Crippen molar-refractivity contribution in [2.75, 3.05) is 18.5 Å². The van der Waals surface area contributed by atoms with Gasteiger partial charge in [-0.15, -0.1) is 0 Å². The van der Waals surface area contributed by atoms with E-state index in [1.54, 1.807) is 6.92 Å². The summed E-state index contributed by atoms with van der Waals surface area (Å²) in [5.41, 5.74) is -3.59. The molecule has 1 N–H and O–H groups in total. The summed E-state index contributed by atoms with van der Waals surface area (Å²) in [5, 5.41) is 6.77. The second-order valence-corrected chi connectivity index (χ2v) is 8.62. The van der Waals surface area contributed by atoms with Gasteiger partial charge in [0, 0.05) is 11.3 Å². The Labute approximate surface area is 206 Å². The van der Waals surface area contributed by atoms with Gasteiger partial charge in [-0.1, -0.05) is 17.7 Å². The number of aryl methyl sites for hydroxylation is 1. The highest BCUT2D eigenvalue weighted by Gasteiger charge is 2.49. The van der Waals surface area contributed by atoms with E-state index in [1.165, 1.54) is 13.8 Å². The molecule has 13 heteroatoms. The molecule has 1 unspecified atom stereocenters. The molecular weight excluding hydrogens is 516 g/mol. The van der Waals surface area contributed by atoms with Crippen LogP contribution in [0.4, 0.5) is 36.8 Å². The lowest BCUT2D eigenvalue weighted by molar-refractivity contribution is -0.150. The van der Waals surface area contributed by atoms with Gasteiger partial charge in [0.15, 0.2) is 0 Å². The molecule has 1 heterocycles. The van der Waals surface area contributed by atoms with Gasteiger partial charge < -0.3 is 10.1 Å². The highest BCUT2D eigenvalue weighted by Crippen LogP contribution is 2.38. The van der Waals surface area contributed by atoms with Gasteiger partial charge in [0.05, 0.1) is 35.0 Å². The van der Waals surface area contributed by atoms with Crippen molar-refractivity contribution >= 4 is 35.0 Å². The number of rotatable bonds is 4. The van der Waals surface area contributed by atoms with Crippen LogP contribution in [-0.4, -0.2) is 35.9 Å². The number of anilines is 1. The summed E-state index contributed by atoms with van der Waals surface area (Å²) in [6.45, 7) is 3.85. The fourth-order valence-corrected chi connectivity index (χ4v) is 4.01. The number of hydrogen-bond acceptors (Lipinski definition) is 4. The second kappa shape index (κ2) is 9.64. The fourth-order valence-electron chi connectivity index (χ4n) is 3.73. The van der Waals surface area contributed by atoms with E-state index < -0.39 is 45.9 Å². The zero-order chi connectivity index (χ0) is 27.1. The van der Waals surface area contributed by atoms with Crippen molar-refractivity contribution in [3.63, 3.8) is 0 Å². The van der Waals surface area contributed by atoms with Crippen molar-refractivity contribution in [1.82, 2.24) is 5.01 Å². The van der Waals surface area contributed by atoms with Crippen LogP contribution in [0, 0.1) is 12.3 Å². The minimum atomic E-state index is -4.71. The van der Waals surface area contributed by atoms with Gasteiger partial charge in [0.25, 0.3) is 0 Å². The number of hydrazone groups is 1. The van der Waals surface area contributed by atoms with E-state index in [9.17, 15) is 35.9 Å². The van der Waals surface area contributed by atoms with Gasteiger partial charge in [-0.2, -0.15) is 31.4 Å². The van der Waals surface area contributed by atoms with E-state index in [2.05, 4.69) is 10.4 Å². The number of esters is 1. The maximum absolute atomic E-state index is 13.1. The molecule has 0 saturated heterocycles. The van der Waals surface area contributed by atoms with Crippen LogP contribution in [-0.2, 0) is 21.9 Å². The van der Waals surface area contributed by atoms with Crippen molar-refractivity contribution in [1.29, 1.82) is 0 Å². The number of nitrogens with one attached hydrogen (secondary N) is 1.